The number of β-amino-alcohol motifs (C(OH)–C–C–N with tert-alkyl or cyclic N) is 1. The van der Waals surface area contributed by atoms with Crippen LogP contribution in [0.3, 0.4) is 0 Å². The molecule has 1 aromatic carbocycles. The van der Waals surface area contributed by atoms with Crippen LogP contribution in [0, 0.1) is 11.8 Å². The summed E-state index contributed by atoms with van der Waals surface area (Å²) in [5.41, 5.74) is 0.900. The number of aliphatic hydroxyl groups excluding tert-OH is 1. The van der Waals surface area contributed by atoms with Gasteiger partial charge < -0.3 is 14.6 Å². The maximum atomic E-state index is 10.6. The molecule has 4 heteroatoms. The van der Waals surface area contributed by atoms with Crippen molar-refractivity contribution in [1.29, 1.82) is 0 Å². The average Bonchev–Trinajstić information content (AvgIpc) is 2.91. The number of likely N-dealkylation sites (tertiary alicyclic amines) is 1. The molecule has 3 rings (SSSR count). The van der Waals surface area contributed by atoms with Gasteiger partial charge in [0.1, 0.15) is 0 Å². The number of aliphatic hydroxyl groups is 1. The number of rotatable bonds is 3. The van der Waals surface area contributed by atoms with Crippen molar-refractivity contribution in [2.24, 2.45) is 11.8 Å². The molecule has 4 unspecified atom stereocenters. The van der Waals surface area contributed by atoms with Gasteiger partial charge in [-0.15, -0.1) is 0 Å². The molecule has 0 aromatic heterocycles. The molecule has 1 fully saturated rings. The summed E-state index contributed by atoms with van der Waals surface area (Å²) in [5.74, 6) is 2.87. The molecule has 0 saturated carbocycles. The summed E-state index contributed by atoms with van der Waals surface area (Å²) >= 11 is 0. The molecule has 0 aliphatic carbocycles. The lowest BCUT2D eigenvalue weighted by Gasteiger charge is -2.42. The van der Waals surface area contributed by atoms with Gasteiger partial charge in [0.15, 0.2) is 11.5 Å². The second kappa shape index (κ2) is 5.85. The molecule has 2 aliphatic rings. The maximum absolute atomic E-state index is 10.6. The summed E-state index contributed by atoms with van der Waals surface area (Å²) in [7, 11) is 0. The quantitative estimate of drug-likeness (QED) is 0.930. The van der Waals surface area contributed by atoms with Crippen LogP contribution in [0.1, 0.15) is 38.9 Å². The number of piperidine rings is 1. The molecule has 0 bridgehead atoms. The minimum Gasteiger partial charge on any atom is -0.454 e. The zero-order valence-corrected chi connectivity index (χ0v) is 13.1. The molecular formula is C17H25NO3. The topological polar surface area (TPSA) is 41.9 Å². The number of hydrogen-bond acceptors (Lipinski definition) is 4. The smallest absolute Gasteiger partial charge is 0.231 e. The Bertz CT molecular complexity index is 505. The van der Waals surface area contributed by atoms with E-state index in [1.165, 1.54) is 6.42 Å². The zero-order valence-electron chi connectivity index (χ0n) is 13.1. The Hall–Kier alpha value is -1.26. The Morgan fingerprint density at radius 2 is 2.00 bits per heavy atom. The van der Waals surface area contributed by atoms with Gasteiger partial charge in [-0.05, 0) is 42.9 Å². The van der Waals surface area contributed by atoms with Crippen molar-refractivity contribution >= 4 is 0 Å². The molecule has 2 aliphatic heterocycles. The second-order valence-corrected chi connectivity index (χ2v) is 6.64. The van der Waals surface area contributed by atoms with E-state index in [2.05, 4.69) is 25.7 Å². The van der Waals surface area contributed by atoms with E-state index in [4.69, 9.17) is 9.47 Å². The molecule has 0 spiro atoms. The fourth-order valence-electron chi connectivity index (χ4n) is 3.52. The van der Waals surface area contributed by atoms with Crippen molar-refractivity contribution < 1.29 is 14.6 Å². The first-order chi connectivity index (χ1) is 10.0. The third-order valence-corrected chi connectivity index (χ3v) is 4.91. The summed E-state index contributed by atoms with van der Waals surface area (Å²) in [5, 5.41) is 10.6. The minimum atomic E-state index is -0.487. The number of fused-ring (bicyclic) bond motifs is 1. The summed E-state index contributed by atoms with van der Waals surface area (Å²) in [6, 6.07) is 6.23. The summed E-state index contributed by atoms with van der Waals surface area (Å²) < 4.78 is 10.7. The fourth-order valence-corrected chi connectivity index (χ4v) is 3.52. The number of ether oxygens (including phenoxy) is 2. The van der Waals surface area contributed by atoms with Gasteiger partial charge in [-0.25, -0.2) is 0 Å². The van der Waals surface area contributed by atoms with Crippen LogP contribution in [0.5, 0.6) is 11.5 Å². The molecule has 21 heavy (non-hydrogen) atoms. The molecule has 1 aromatic rings. The predicted molar refractivity (Wildman–Crippen MR) is 81.5 cm³/mol. The lowest BCUT2D eigenvalue weighted by atomic mass is 9.85. The molecule has 4 nitrogen and oxygen atoms in total. The van der Waals surface area contributed by atoms with E-state index in [0.717, 1.165) is 23.6 Å². The van der Waals surface area contributed by atoms with Crippen molar-refractivity contribution in [3.05, 3.63) is 23.8 Å². The van der Waals surface area contributed by atoms with E-state index in [-0.39, 0.29) is 6.79 Å². The highest BCUT2D eigenvalue weighted by atomic mass is 16.7. The Morgan fingerprint density at radius 1 is 1.24 bits per heavy atom. The molecule has 1 saturated heterocycles. The average molecular weight is 291 g/mol. The first-order valence-corrected chi connectivity index (χ1v) is 7.86. The monoisotopic (exact) mass is 291 g/mol. The van der Waals surface area contributed by atoms with Gasteiger partial charge in [0.05, 0.1) is 6.10 Å². The van der Waals surface area contributed by atoms with Crippen LogP contribution < -0.4 is 9.47 Å². The lowest BCUT2D eigenvalue weighted by molar-refractivity contribution is 0.0315. The van der Waals surface area contributed by atoms with E-state index in [1.54, 1.807) is 0 Å². The highest BCUT2D eigenvalue weighted by Gasteiger charge is 2.30. The molecule has 2 heterocycles. The first-order valence-electron chi connectivity index (χ1n) is 7.86. The Kier molecular flexibility index (Phi) is 4.09. The number of benzene rings is 1. The fraction of sp³-hybridized carbons (Fsp3) is 0.647. The summed E-state index contributed by atoms with van der Waals surface area (Å²) in [6.07, 6.45) is 0.789. The first kappa shape index (κ1) is 14.7. The highest BCUT2D eigenvalue weighted by molar-refractivity contribution is 5.45. The molecule has 116 valence electrons. The van der Waals surface area contributed by atoms with Crippen molar-refractivity contribution in [2.75, 3.05) is 19.9 Å². The van der Waals surface area contributed by atoms with Gasteiger partial charge in [0, 0.05) is 19.1 Å². The normalized spacial score (nSPS) is 30.4. The molecule has 0 amide bonds. The van der Waals surface area contributed by atoms with Gasteiger partial charge in [-0.3, -0.25) is 4.90 Å². The van der Waals surface area contributed by atoms with Crippen LogP contribution in [0.25, 0.3) is 0 Å². The van der Waals surface area contributed by atoms with Crippen molar-refractivity contribution in [2.45, 2.75) is 39.3 Å². The van der Waals surface area contributed by atoms with Gasteiger partial charge >= 0.3 is 0 Å². The van der Waals surface area contributed by atoms with Crippen LogP contribution in [-0.2, 0) is 0 Å². The standard InChI is InChI=1S/C17H25NO3/c1-11-6-12(2)13(3)18(8-11)9-15(19)14-4-5-16-17(7-14)21-10-20-16/h4-5,7,11-13,15,19H,6,8-10H2,1-3H3. The highest BCUT2D eigenvalue weighted by Crippen LogP contribution is 2.35. The van der Waals surface area contributed by atoms with E-state index < -0.39 is 6.10 Å². The molecular weight excluding hydrogens is 266 g/mol. The SMILES string of the molecule is CC1CC(C)C(C)N(CC(O)c2ccc3c(c2)OCO3)C1. The third kappa shape index (κ3) is 3.01. The Morgan fingerprint density at radius 3 is 2.81 bits per heavy atom. The third-order valence-electron chi connectivity index (χ3n) is 4.91. The van der Waals surface area contributed by atoms with Crippen LogP contribution in [0.4, 0.5) is 0 Å². The van der Waals surface area contributed by atoms with E-state index >= 15 is 0 Å². The van der Waals surface area contributed by atoms with Gasteiger partial charge in [-0.1, -0.05) is 19.9 Å². The van der Waals surface area contributed by atoms with Crippen molar-refractivity contribution in [1.82, 2.24) is 4.90 Å². The largest absolute Gasteiger partial charge is 0.454 e. The van der Waals surface area contributed by atoms with Crippen LogP contribution in [0.2, 0.25) is 0 Å². The number of nitrogens with zero attached hydrogens (tertiary/aromatic N) is 1. The molecule has 4 atom stereocenters. The van der Waals surface area contributed by atoms with Gasteiger partial charge in [0.2, 0.25) is 6.79 Å². The van der Waals surface area contributed by atoms with E-state index in [0.29, 0.717) is 24.4 Å². The van der Waals surface area contributed by atoms with E-state index in [1.807, 2.05) is 18.2 Å². The van der Waals surface area contributed by atoms with Crippen LogP contribution >= 0.6 is 0 Å². The van der Waals surface area contributed by atoms with Gasteiger partial charge in [-0.2, -0.15) is 0 Å². The molecule has 1 N–H and O–H groups in total. The Balaban J connectivity index is 1.69. The van der Waals surface area contributed by atoms with Crippen molar-refractivity contribution in [3.8, 4) is 11.5 Å². The Labute approximate surface area is 126 Å². The minimum absolute atomic E-state index is 0.271. The maximum Gasteiger partial charge on any atom is 0.231 e. The zero-order chi connectivity index (χ0) is 15.0. The lowest BCUT2D eigenvalue weighted by Crippen LogP contribution is -2.47. The molecule has 0 radical (unpaired) electrons. The summed E-state index contributed by atoms with van der Waals surface area (Å²) in [4.78, 5) is 2.41. The predicted octanol–water partition coefficient (Wildman–Crippen LogP) is 2.82. The number of hydrogen-bond donors (Lipinski definition) is 1. The van der Waals surface area contributed by atoms with Crippen LogP contribution in [0.15, 0.2) is 18.2 Å². The summed E-state index contributed by atoms with van der Waals surface area (Å²) in [6.45, 7) is 8.88. The van der Waals surface area contributed by atoms with Gasteiger partial charge in [0.25, 0.3) is 0 Å². The van der Waals surface area contributed by atoms with Crippen LogP contribution in [-0.4, -0.2) is 35.9 Å². The second-order valence-electron chi connectivity index (χ2n) is 6.64. The van der Waals surface area contributed by atoms with Crippen molar-refractivity contribution in [3.63, 3.8) is 0 Å². The van der Waals surface area contributed by atoms with E-state index in [9.17, 15) is 5.11 Å².